The minimum atomic E-state index is -0.398. The molecule has 108 valence electrons. The van der Waals surface area contributed by atoms with Gasteiger partial charge in [-0.15, -0.1) is 0 Å². The van der Waals surface area contributed by atoms with Gasteiger partial charge in [0.15, 0.2) is 5.58 Å². The molecule has 0 aliphatic rings. The number of nitrogens with zero attached hydrogens (tertiary/aromatic N) is 3. The Morgan fingerprint density at radius 2 is 2.33 bits per heavy atom. The number of hydrogen-bond donors (Lipinski definition) is 1. The molecule has 0 radical (unpaired) electrons. The van der Waals surface area contributed by atoms with Gasteiger partial charge in [-0.2, -0.15) is 5.10 Å². The summed E-state index contributed by atoms with van der Waals surface area (Å²) < 4.78 is 12.1. The minimum Gasteiger partial charge on any atom is -0.462 e. The van der Waals surface area contributed by atoms with Crippen LogP contribution < -0.4 is 5.73 Å². The van der Waals surface area contributed by atoms with Gasteiger partial charge in [-0.05, 0) is 19.1 Å². The van der Waals surface area contributed by atoms with Crippen molar-refractivity contribution in [3.8, 4) is 0 Å². The summed E-state index contributed by atoms with van der Waals surface area (Å²) in [6, 6.07) is 5.37. The Kier molecular flexibility index (Phi) is 3.31. The van der Waals surface area contributed by atoms with Gasteiger partial charge in [0.1, 0.15) is 12.1 Å². The lowest BCUT2D eigenvalue weighted by molar-refractivity contribution is 0.0526. The maximum Gasteiger partial charge on any atom is 0.341 e. The molecule has 0 atom stereocenters. The van der Waals surface area contributed by atoms with Crippen molar-refractivity contribution in [3.63, 3.8) is 0 Å². The number of fused-ring (bicyclic) bond motifs is 1. The maximum absolute atomic E-state index is 11.6. The van der Waals surface area contributed by atoms with Gasteiger partial charge in [-0.3, -0.25) is 4.68 Å². The first-order chi connectivity index (χ1) is 10.2. The number of esters is 1. The van der Waals surface area contributed by atoms with Crippen LogP contribution in [-0.4, -0.2) is 27.3 Å². The molecule has 7 nitrogen and oxygen atoms in total. The monoisotopic (exact) mass is 286 g/mol. The van der Waals surface area contributed by atoms with Crippen molar-refractivity contribution in [2.75, 3.05) is 12.3 Å². The van der Waals surface area contributed by atoms with E-state index < -0.39 is 5.97 Å². The van der Waals surface area contributed by atoms with Crippen molar-refractivity contribution < 1.29 is 13.9 Å². The first-order valence-corrected chi connectivity index (χ1v) is 6.51. The Balaban J connectivity index is 1.82. The fraction of sp³-hybridized carbons (Fsp3) is 0.214. The van der Waals surface area contributed by atoms with E-state index in [1.165, 1.54) is 6.20 Å². The molecule has 1 aromatic carbocycles. The normalized spacial score (nSPS) is 10.9. The summed E-state index contributed by atoms with van der Waals surface area (Å²) in [5, 5.41) is 4.09. The topological polar surface area (TPSA) is 96.2 Å². The van der Waals surface area contributed by atoms with E-state index in [2.05, 4.69) is 10.1 Å². The SMILES string of the molecule is CCOC(=O)c1cnn(Cc2nc3c(N)cccc3o2)c1. The standard InChI is InChI=1S/C14H14N4O3/c1-2-20-14(19)9-6-16-18(7-9)8-12-17-13-10(15)4-3-5-11(13)21-12/h3-7H,2,8,15H2,1H3. The van der Waals surface area contributed by atoms with Gasteiger partial charge in [0.2, 0.25) is 5.89 Å². The van der Waals surface area contributed by atoms with Crippen LogP contribution in [0.15, 0.2) is 35.0 Å². The molecule has 0 saturated heterocycles. The summed E-state index contributed by atoms with van der Waals surface area (Å²) in [6.45, 7) is 2.40. The highest BCUT2D eigenvalue weighted by atomic mass is 16.5. The Bertz CT molecular complexity index is 790. The van der Waals surface area contributed by atoms with E-state index in [1.807, 2.05) is 0 Å². The van der Waals surface area contributed by atoms with Crippen LogP contribution in [0.5, 0.6) is 0 Å². The van der Waals surface area contributed by atoms with E-state index >= 15 is 0 Å². The molecule has 0 aliphatic heterocycles. The molecule has 0 saturated carbocycles. The summed E-state index contributed by atoms with van der Waals surface area (Å²) in [5.74, 6) is 0.0759. The van der Waals surface area contributed by atoms with Crippen LogP contribution in [-0.2, 0) is 11.3 Å². The maximum atomic E-state index is 11.6. The average molecular weight is 286 g/mol. The molecule has 2 N–H and O–H groups in total. The van der Waals surface area contributed by atoms with Crippen molar-refractivity contribution in [1.82, 2.24) is 14.8 Å². The highest BCUT2D eigenvalue weighted by Gasteiger charge is 2.12. The summed E-state index contributed by atoms with van der Waals surface area (Å²) >= 11 is 0. The second-order valence-electron chi connectivity index (χ2n) is 4.45. The Labute approximate surface area is 120 Å². The third-order valence-electron chi connectivity index (χ3n) is 2.94. The van der Waals surface area contributed by atoms with E-state index in [4.69, 9.17) is 14.9 Å². The van der Waals surface area contributed by atoms with E-state index in [-0.39, 0.29) is 0 Å². The largest absolute Gasteiger partial charge is 0.462 e. The van der Waals surface area contributed by atoms with Gasteiger partial charge in [-0.25, -0.2) is 9.78 Å². The smallest absolute Gasteiger partial charge is 0.341 e. The quantitative estimate of drug-likeness (QED) is 0.580. The van der Waals surface area contributed by atoms with Crippen molar-refractivity contribution in [2.24, 2.45) is 0 Å². The molecule has 21 heavy (non-hydrogen) atoms. The number of rotatable bonds is 4. The molecule has 2 aromatic heterocycles. The van der Waals surface area contributed by atoms with Crippen LogP contribution in [0.2, 0.25) is 0 Å². The number of benzene rings is 1. The number of oxazole rings is 1. The third-order valence-corrected chi connectivity index (χ3v) is 2.94. The zero-order chi connectivity index (χ0) is 14.8. The van der Waals surface area contributed by atoms with Crippen molar-refractivity contribution in [2.45, 2.75) is 13.5 Å². The zero-order valence-electron chi connectivity index (χ0n) is 11.4. The minimum absolute atomic E-state index is 0.313. The summed E-state index contributed by atoms with van der Waals surface area (Å²) in [7, 11) is 0. The molecule has 3 aromatic rings. The van der Waals surface area contributed by atoms with Crippen LogP contribution in [0.1, 0.15) is 23.2 Å². The number of aromatic nitrogens is 3. The first-order valence-electron chi connectivity index (χ1n) is 6.51. The van der Waals surface area contributed by atoms with E-state index in [0.717, 1.165) is 0 Å². The summed E-state index contributed by atoms with van der Waals surface area (Å²) in [6.07, 6.45) is 3.05. The number of carbonyl (C=O) groups is 1. The predicted molar refractivity (Wildman–Crippen MR) is 75.7 cm³/mol. The molecule has 0 fully saturated rings. The van der Waals surface area contributed by atoms with Gasteiger partial charge >= 0.3 is 5.97 Å². The van der Waals surface area contributed by atoms with Gasteiger partial charge < -0.3 is 14.9 Å². The number of ether oxygens (including phenoxy) is 1. The Hall–Kier alpha value is -2.83. The molecule has 0 amide bonds. The van der Waals surface area contributed by atoms with Crippen LogP contribution in [0, 0.1) is 0 Å². The summed E-state index contributed by atoms with van der Waals surface area (Å²) in [4.78, 5) is 15.9. The lowest BCUT2D eigenvalue weighted by Gasteiger charge is -1.97. The fourth-order valence-corrected chi connectivity index (χ4v) is 1.99. The first kappa shape index (κ1) is 13.2. The number of anilines is 1. The van der Waals surface area contributed by atoms with E-state index in [0.29, 0.717) is 41.4 Å². The number of nitrogen functional groups attached to an aromatic ring is 1. The highest BCUT2D eigenvalue weighted by molar-refractivity contribution is 5.88. The fourth-order valence-electron chi connectivity index (χ4n) is 1.99. The Morgan fingerprint density at radius 1 is 1.48 bits per heavy atom. The van der Waals surface area contributed by atoms with Crippen LogP contribution in [0.4, 0.5) is 5.69 Å². The van der Waals surface area contributed by atoms with Gasteiger partial charge in [0.25, 0.3) is 0 Å². The highest BCUT2D eigenvalue weighted by Crippen LogP contribution is 2.21. The molecule has 0 bridgehead atoms. The lowest BCUT2D eigenvalue weighted by Crippen LogP contribution is -2.04. The molecule has 0 aliphatic carbocycles. The van der Waals surface area contributed by atoms with Gasteiger partial charge in [0, 0.05) is 6.20 Å². The number of hydrogen-bond acceptors (Lipinski definition) is 6. The molecule has 0 spiro atoms. The Morgan fingerprint density at radius 3 is 3.10 bits per heavy atom. The molecular formula is C14H14N4O3. The molecular weight excluding hydrogens is 272 g/mol. The molecule has 2 heterocycles. The van der Waals surface area contributed by atoms with Crippen molar-refractivity contribution in [1.29, 1.82) is 0 Å². The average Bonchev–Trinajstić information content (AvgIpc) is 3.07. The van der Waals surface area contributed by atoms with E-state index in [1.54, 1.807) is 36.0 Å². The van der Waals surface area contributed by atoms with Crippen LogP contribution in [0.25, 0.3) is 11.1 Å². The molecule has 3 rings (SSSR count). The second kappa shape index (κ2) is 5.28. The number of carbonyl (C=O) groups excluding carboxylic acids is 1. The number of para-hydroxylation sites is 1. The third kappa shape index (κ3) is 2.58. The van der Waals surface area contributed by atoms with Gasteiger partial charge in [-0.1, -0.05) is 6.07 Å². The predicted octanol–water partition coefficient (Wildman–Crippen LogP) is 1.83. The molecule has 7 heteroatoms. The summed E-state index contributed by atoms with van der Waals surface area (Å²) in [5.41, 5.74) is 8.05. The van der Waals surface area contributed by atoms with Crippen molar-refractivity contribution in [3.05, 3.63) is 42.0 Å². The van der Waals surface area contributed by atoms with Crippen LogP contribution in [0.3, 0.4) is 0 Å². The van der Waals surface area contributed by atoms with E-state index in [9.17, 15) is 4.79 Å². The lowest BCUT2D eigenvalue weighted by atomic mass is 10.3. The number of nitrogens with two attached hydrogens (primary N) is 1. The van der Waals surface area contributed by atoms with Gasteiger partial charge in [0.05, 0.1) is 24.1 Å². The zero-order valence-corrected chi connectivity index (χ0v) is 11.4. The van der Waals surface area contributed by atoms with Crippen molar-refractivity contribution >= 4 is 22.8 Å². The molecule has 0 unspecified atom stereocenters. The van der Waals surface area contributed by atoms with Crippen LogP contribution >= 0.6 is 0 Å². The second-order valence-corrected chi connectivity index (χ2v) is 4.45.